The summed E-state index contributed by atoms with van der Waals surface area (Å²) in [5.74, 6) is 0.736. The summed E-state index contributed by atoms with van der Waals surface area (Å²) in [6.07, 6.45) is 4.13. The van der Waals surface area contributed by atoms with Gasteiger partial charge in [-0.1, -0.05) is 46.2 Å². The fraction of sp³-hybridized carbons (Fsp3) is 0.565. The summed E-state index contributed by atoms with van der Waals surface area (Å²) in [6, 6.07) is 3.58. The average molecular weight is 462 g/mol. The summed E-state index contributed by atoms with van der Waals surface area (Å²) in [5.41, 5.74) is -0.00596. The third-order valence-electron chi connectivity index (χ3n) is 7.46. The molecule has 1 aliphatic carbocycles. The van der Waals surface area contributed by atoms with E-state index in [2.05, 4.69) is 55.3 Å². The number of carbonyl (C=O) groups excluding carboxylic acids is 1. The van der Waals surface area contributed by atoms with E-state index in [4.69, 9.17) is 11.6 Å². The van der Waals surface area contributed by atoms with Gasteiger partial charge in [0.1, 0.15) is 17.3 Å². The van der Waals surface area contributed by atoms with Crippen LogP contribution in [0.2, 0.25) is 5.02 Å². The Morgan fingerprint density at radius 3 is 2.56 bits per heavy atom. The van der Waals surface area contributed by atoms with Gasteiger partial charge in [-0.2, -0.15) is 0 Å². The maximum absolute atomic E-state index is 12.7. The molecule has 8 nitrogen and oxygen atoms in total. The van der Waals surface area contributed by atoms with Gasteiger partial charge in [0.25, 0.3) is 11.1 Å². The minimum absolute atomic E-state index is 0.0190. The smallest absolute Gasteiger partial charge is 0.287 e. The third kappa shape index (κ3) is 4.90. The Morgan fingerprint density at radius 2 is 1.91 bits per heavy atom. The topological polar surface area (TPSA) is 109 Å². The van der Waals surface area contributed by atoms with Crippen molar-refractivity contribution >= 4 is 23.2 Å². The van der Waals surface area contributed by atoms with Crippen molar-refractivity contribution in [3.8, 4) is 0 Å². The lowest BCUT2D eigenvalue weighted by Gasteiger charge is -2.50. The summed E-state index contributed by atoms with van der Waals surface area (Å²) in [5, 5.41) is 8.24. The van der Waals surface area contributed by atoms with Gasteiger partial charge in [-0.3, -0.25) is 24.5 Å². The molecule has 2 heterocycles. The normalized spacial score (nSPS) is 24.7. The third-order valence-corrected chi connectivity index (χ3v) is 7.81. The SMILES string of the molecule is C[C@@H]1[C@@H](C)C(C)(C)[C@@H](C)C[C@H]1Nc1c(Cl)c(=O)n(CC(=O)NCc2ccncc2)[nH]c1=O. The first kappa shape index (κ1) is 24.0. The van der Waals surface area contributed by atoms with E-state index in [0.29, 0.717) is 18.4 Å². The number of H-pyrrole nitrogens is 1. The Kier molecular flexibility index (Phi) is 7.12. The number of hydrogen-bond acceptors (Lipinski definition) is 5. The summed E-state index contributed by atoms with van der Waals surface area (Å²) < 4.78 is 0.941. The maximum Gasteiger partial charge on any atom is 0.287 e. The molecule has 1 aliphatic rings. The number of carbonyl (C=O) groups is 1. The van der Waals surface area contributed by atoms with E-state index < -0.39 is 17.0 Å². The van der Waals surface area contributed by atoms with E-state index in [9.17, 15) is 14.4 Å². The van der Waals surface area contributed by atoms with Gasteiger partial charge in [0.05, 0.1) is 0 Å². The predicted molar refractivity (Wildman–Crippen MR) is 126 cm³/mol. The second kappa shape index (κ2) is 9.48. The lowest BCUT2D eigenvalue weighted by molar-refractivity contribution is -0.122. The first-order valence-corrected chi connectivity index (χ1v) is 11.3. The molecule has 0 radical (unpaired) electrons. The number of rotatable bonds is 6. The number of nitrogens with zero attached hydrogens (tertiary/aromatic N) is 2. The molecule has 3 rings (SSSR count). The fourth-order valence-corrected chi connectivity index (χ4v) is 4.69. The highest BCUT2D eigenvalue weighted by molar-refractivity contribution is 6.32. The van der Waals surface area contributed by atoms with Crippen molar-refractivity contribution < 1.29 is 4.79 Å². The van der Waals surface area contributed by atoms with Crippen molar-refractivity contribution in [3.63, 3.8) is 0 Å². The number of aromatic nitrogens is 3. The van der Waals surface area contributed by atoms with E-state index in [1.165, 1.54) is 0 Å². The van der Waals surface area contributed by atoms with Crippen LogP contribution in [0.1, 0.15) is 46.6 Å². The van der Waals surface area contributed by atoms with Crippen LogP contribution >= 0.6 is 11.6 Å². The highest BCUT2D eigenvalue weighted by Crippen LogP contribution is 2.48. The summed E-state index contributed by atoms with van der Waals surface area (Å²) in [4.78, 5) is 41.7. The van der Waals surface area contributed by atoms with Gasteiger partial charge in [-0.05, 0) is 47.3 Å². The average Bonchev–Trinajstić information content (AvgIpc) is 2.76. The van der Waals surface area contributed by atoms with Crippen LogP contribution in [0.3, 0.4) is 0 Å². The molecule has 4 atom stereocenters. The Balaban J connectivity index is 1.74. The molecule has 2 aromatic rings. The van der Waals surface area contributed by atoms with E-state index in [0.717, 1.165) is 16.7 Å². The molecule has 0 saturated heterocycles. The first-order chi connectivity index (χ1) is 15.0. The quantitative estimate of drug-likeness (QED) is 0.612. The lowest BCUT2D eigenvalue weighted by Crippen LogP contribution is -2.48. The van der Waals surface area contributed by atoms with Gasteiger partial charge in [-0.15, -0.1) is 0 Å². The van der Waals surface area contributed by atoms with Crippen LogP contribution in [0.4, 0.5) is 5.69 Å². The molecule has 2 aromatic heterocycles. The molecule has 32 heavy (non-hydrogen) atoms. The highest BCUT2D eigenvalue weighted by atomic mass is 35.5. The Labute approximate surface area is 192 Å². The molecule has 0 bridgehead atoms. The zero-order chi connectivity index (χ0) is 23.6. The van der Waals surface area contributed by atoms with Gasteiger partial charge < -0.3 is 10.6 Å². The molecule has 1 fully saturated rings. The van der Waals surface area contributed by atoms with Crippen molar-refractivity contribution in [3.05, 3.63) is 55.8 Å². The molecule has 0 spiro atoms. The molecular weight excluding hydrogens is 430 g/mol. The van der Waals surface area contributed by atoms with Gasteiger partial charge in [0, 0.05) is 25.0 Å². The Bertz CT molecular complexity index is 1080. The lowest BCUT2D eigenvalue weighted by atomic mass is 9.58. The number of halogens is 1. The van der Waals surface area contributed by atoms with Crippen LogP contribution in [0.25, 0.3) is 0 Å². The number of hydrogen-bond donors (Lipinski definition) is 3. The second-order valence-corrected chi connectivity index (χ2v) is 9.89. The monoisotopic (exact) mass is 461 g/mol. The number of anilines is 1. The predicted octanol–water partition coefficient (Wildman–Crippen LogP) is 3.02. The standard InChI is InChI=1S/C23H32ClN5O3/c1-13-10-17(14(2)15(3)23(13,4)5)27-20-19(24)22(32)29(28-21(20)31)12-18(30)26-11-16-6-8-25-9-7-16/h6-9,13-15,17,27H,10-12H2,1-5H3,(H,26,30)(H,28,31)/t13-,14+,15+,17+/m0/s1. The summed E-state index contributed by atoms with van der Waals surface area (Å²) >= 11 is 6.30. The number of nitrogens with one attached hydrogen (secondary N) is 3. The molecular formula is C23H32ClN5O3. The minimum atomic E-state index is -0.613. The Morgan fingerprint density at radius 1 is 1.25 bits per heavy atom. The van der Waals surface area contributed by atoms with Crippen LogP contribution in [-0.2, 0) is 17.9 Å². The summed E-state index contributed by atoms with van der Waals surface area (Å²) in [7, 11) is 0. The highest BCUT2D eigenvalue weighted by Gasteiger charge is 2.43. The molecule has 0 unspecified atom stereocenters. The van der Waals surface area contributed by atoms with Crippen LogP contribution in [0.15, 0.2) is 34.1 Å². The van der Waals surface area contributed by atoms with E-state index in [1.807, 2.05) is 0 Å². The van der Waals surface area contributed by atoms with E-state index in [-0.39, 0.29) is 34.6 Å². The van der Waals surface area contributed by atoms with E-state index in [1.54, 1.807) is 24.5 Å². The van der Waals surface area contributed by atoms with Crippen molar-refractivity contribution in [2.75, 3.05) is 5.32 Å². The van der Waals surface area contributed by atoms with Crippen LogP contribution in [0.5, 0.6) is 0 Å². The zero-order valence-corrected chi connectivity index (χ0v) is 20.0. The maximum atomic E-state index is 12.7. The van der Waals surface area contributed by atoms with Crippen LogP contribution in [0, 0.1) is 23.2 Å². The minimum Gasteiger partial charge on any atom is -0.376 e. The molecule has 0 aromatic carbocycles. The number of amides is 1. The van der Waals surface area contributed by atoms with Crippen molar-refractivity contribution in [2.45, 2.75) is 60.2 Å². The fourth-order valence-electron chi connectivity index (χ4n) is 4.45. The van der Waals surface area contributed by atoms with Crippen LogP contribution < -0.4 is 21.8 Å². The molecule has 3 N–H and O–H groups in total. The van der Waals surface area contributed by atoms with Crippen molar-refractivity contribution in [1.82, 2.24) is 20.1 Å². The molecule has 1 amide bonds. The largest absolute Gasteiger partial charge is 0.376 e. The Hall–Kier alpha value is -2.61. The molecule has 1 saturated carbocycles. The molecule has 174 valence electrons. The first-order valence-electron chi connectivity index (χ1n) is 11.0. The zero-order valence-electron chi connectivity index (χ0n) is 19.2. The molecule has 9 heteroatoms. The van der Waals surface area contributed by atoms with Gasteiger partial charge in [-0.25, -0.2) is 4.68 Å². The second-order valence-electron chi connectivity index (χ2n) is 9.51. The number of pyridine rings is 1. The molecule has 0 aliphatic heterocycles. The van der Waals surface area contributed by atoms with Gasteiger partial charge in [0.2, 0.25) is 5.91 Å². The van der Waals surface area contributed by atoms with Gasteiger partial charge >= 0.3 is 0 Å². The van der Waals surface area contributed by atoms with E-state index >= 15 is 0 Å². The summed E-state index contributed by atoms with van der Waals surface area (Å²) in [6.45, 7) is 11.1. The van der Waals surface area contributed by atoms with Gasteiger partial charge in [0.15, 0.2) is 0 Å². The number of aromatic amines is 1. The van der Waals surface area contributed by atoms with Crippen molar-refractivity contribution in [2.24, 2.45) is 23.2 Å². The van der Waals surface area contributed by atoms with Crippen molar-refractivity contribution in [1.29, 1.82) is 0 Å². The van der Waals surface area contributed by atoms with Crippen LogP contribution in [-0.4, -0.2) is 26.7 Å².